The molecule has 0 aliphatic carbocycles. The maximum absolute atomic E-state index is 9.55. The molecule has 0 radical (unpaired) electrons. The van der Waals surface area contributed by atoms with Crippen molar-refractivity contribution in [2.75, 3.05) is 0 Å². The minimum atomic E-state index is -1.26. The molecule has 0 aromatic carbocycles. The van der Waals surface area contributed by atoms with Gasteiger partial charge in [-0.1, -0.05) is 0 Å². The van der Waals surface area contributed by atoms with Crippen LogP contribution in [0.2, 0.25) is 0 Å². The van der Waals surface area contributed by atoms with Gasteiger partial charge < -0.3 is 10.2 Å². The first-order valence-electron chi connectivity index (χ1n) is 1.77. The summed E-state index contributed by atoms with van der Waals surface area (Å²) in [6.07, 6.45) is 1.12. The molecule has 0 aromatic rings. The Labute approximate surface area is 117 Å². The number of carbonyl (C=O) groups is 2. The van der Waals surface area contributed by atoms with E-state index in [4.69, 9.17) is 10.2 Å². The third-order valence-corrected chi connectivity index (χ3v) is 0.368. The van der Waals surface area contributed by atoms with E-state index in [-0.39, 0.29) is 75.5 Å². The van der Waals surface area contributed by atoms with Crippen LogP contribution in [0.15, 0.2) is 12.2 Å². The Morgan fingerprint density at radius 2 is 1.10 bits per heavy atom. The van der Waals surface area contributed by atoms with Crippen LogP contribution in [0.25, 0.3) is 0 Å². The van der Waals surface area contributed by atoms with Crippen LogP contribution in [-0.4, -0.2) is 97.6 Å². The molecule has 2 N–H and O–H groups in total. The molecule has 0 aliphatic heterocycles. The number of hydrogen-bond acceptors (Lipinski definition) is 2. The van der Waals surface area contributed by atoms with Crippen molar-refractivity contribution >= 4 is 87.4 Å². The van der Waals surface area contributed by atoms with Gasteiger partial charge >= 0.3 is 87.4 Å². The van der Waals surface area contributed by atoms with Crippen molar-refractivity contribution in [1.29, 1.82) is 0 Å². The van der Waals surface area contributed by atoms with E-state index < -0.39 is 11.9 Å². The molecular weight excluding hydrogens is 192 g/mol. The molecule has 6 heteroatoms. The Morgan fingerprint density at radius 1 is 0.900 bits per heavy atom. The summed E-state index contributed by atoms with van der Waals surface area (Å²) in [5.41, 5.74) is 0. The standard InChI is InChI=1S/C4H4O4.2Ca.4H/c5-3(6)1-2-4(7)8;;;;;;/h1-2H,(H,5,6)(H,7,8);;;;;;/b2-1+;;;;;;. The molecule has 0 amide bonds. The molecule has 10 heavy (non-hydrogen) atoms. The third-order valence-electron chi connectivity index (χ3n) is 0.368. The van der Waals surface area contributed by atoms with Crippen molar-refractivity contribution in [2.45, 2.75) is 0 Å². The zero-order valence-corrected chi connectivity index (χ0v) is 3.87. The molecule has 0 aromatic heterocycles. The molecule has 0 atom stereocenters. The molecule has 0 rings (SSSR count). The fourth-order valence-corrected chi connectivity index (χ4v) is 0.143. The zero-order chi connectivity index (χ0) is 6.57. The van der Waals surface area contributed by atoms with Gasteiger partial charge in [0.25, 0.3) is 0 Å². The summed E-state index contributed by atoms with van der Waals surface area (Å²) >= 11 is 0. The van der Waals surface area contributed by atoms with Gasteiger partial charge in [-0.3, -0.25) is 0 Å². The fourth-order valence-electron chi connectivity index (χ4n) is 0.143. The summed E-state index contributed by atoms with van der Waals surface area (Å²) in [5, 5.41) is 15.6. The molecule has 0 saturated carbocycles. The van der Waals surface area contributed by atoms with Crippen molar-refractivity contribution in [3.05, 3.63) is 12.2 Å². The normalized spacial score (nSPS) is 7.60. The van der Waals surface area contributed by atoms with E-state index in [1.54, 1.807) is 0 Å². The van der Waals surface area contributed by atoms with Crippen LogP contribution >= 0.6 is 0 Å². The second-order valence-electron chi connectivity index (χ2n) is 1.01. The molecular formula is C4H8Ca2O4. The molecule has 4 nitrogen and oxygen atoms in total. The number of aliphatic carboxylic acids is 2. The number of hydrogen-bond donors (Lipinski definition) is 2. The topological polar surface area (TPSA) is 74.6 Å². The van der Waals surface area contributed by atoms with Gasteiger partial charge in [0, 0.05) is 12.2 Å². The van der Waals surface area contributed by atoms with E-state index in [0.29, 0.717) is 12.2 Å². The molecule has 0 unspecified atom stereocenters. The quantitative estimate of drug-likeness (QED) is 0.395. The van der Waals surface area contributed by atoms with Gasteiger partial charge in [0.15, 0.2) is 0 Å². The maximum atomic E-state index is 9.55. The monoisotopic (exact) mass is 200 g/mol. The van der Waals surface area contributed by atoms with Crippen molar-refractivity contribution in [2.24, 2.45) is 0 Å². The fraction of sp³-hybridized carbons (Fsp3) is 0. The second kappa shape index (κ2) is 10.2. The van der Waals surface area contributed by atoms with Crippen LogP contribution in [0.3, 0.4) is 0 Å². The second-order valence-corrected chi connectivity index (χ2v) is 1.01. The summed E-state index contributed by atoms with van der Waals surface area (Å²) in [5.74, 6) is -2.51. The van der Waals surface area contributed by atoms with Crippen LogP contribution in [0.5, 0.6) is 0 Å². The van der Waals surface area contributed by atoms with Gasteiger partial charge in [-0.15, -0.1) is 0 Å². The van der Waals surface area contributed by atoms with Crippen molar-refractivity contribution in [1.82, 2.24) is 0 Å². The van der Waals surface area contributed by atoms with Gasteiger partial charge in [-0.05, 0) is 0 Å². The zero-order valence-electron chi connectivity index (χ0n) is 3.87. The van der Waals surface area contributed by atoms with Gasteiger partial charge in [0.05, 0.1) is 0 Å². The molecule has 0 heterocycles. The first kappa shape index (κ1) is 17.3. The van der Waals surface area contributed by atoms with Crippen LogP contribution < -0.4 is 0 Å². The molecule has 0 aliphatic rings. The van der Waals surface area contributed by atoms with Crippen molar-refractivity contribution < 1.29 is 19.8 Å². The Hall–Kier alpha value is 1.20. The molecule has 52 valence electrons. The molecule has 0 saturated heterocycles. The first-order chi connectivity index (χ1) is 3.63. The minimum absolute atomic E-state index is 0. The van der Waals surface area contributed by atoms with Crippen LogP contribution in [0, 0.1) is 0 Å². The van der Waals surface area contributed by atoms with E-state index in [2.05, 4.69) is 0 Å². The number of carboxylic acids is 2. The Kier molecular flexibility index (Phi) is 17.7. The van der Waals surface area contributed by atoms with Crippen LogP contribution in [0.4, 0.5) is 0 Å². The predicted octanol–water partition coefficient (Wildman–Crippen LogP) is -2.12. The van der Waals surface area contributed by atoms with E-state index in [1.165, 1.54) is 0 Å². The van der Waals surface area contributed by atoms with Gasteiger partial charge in [0.1, 0.15) is 0 Å². The van der Waals surface area contributed by atoms with E-state index in [1.807, 2.05) is 0 Å². The van der Waals surface area contributed by atoms with E-state index in [9.17, 15) is 9.59 Å². The average Bonchev–Trinajstić information content (AvgIpc) is 1.61. The Balaban J connectivity index is -0.000000245. The van der Waals surface area contributed by atoms with Gasteiger partial charge in [-0.2, -0.15) is 0 Å². The molecule has 0 bridgehead atoms. The van der Waals surface area contributed by atoms with Gasteiger partial charge in [0.2, 0.25) is 0 Å². The Morgan fingerprint density at radius 3 is 1.20 bits per heavy atom. The number of rotatable bonds is 2. The third kappa shape index (κ3) is 16.1. The van der Waals surface area contributed by atoms with Crippen molar-refractivity contribution in [3.8, 4) is 0 Å². The SMILES string of the molecule is O=C(O)/C=C/C(=O)O.[CaH2].[CaH2]. The summed E-state index contributed by atoms with van der Waals surface area (Å²) in [6, 6.07) is 0. The number of carboxylic acid groups (broad SMARTS) is 2. The predicted molar refractivity (Wildman–Crippen MR) is 41.5 cm³/mol. The van der Waals surface area contributed by atoms with E-state index >= 15 is 0 Å². The first-order valence-corrected chi connectivity index (χ1v) is 1.77. The van der Waals surface area contributed by atoms with Crippen LogP contribution in [0.1, 0.15) is 0 Å². The Bertz CT molecular complexity index is 126. The summed E-state index contributed by atoms with van der Waals surface area (Å²) < 4.78 is 0. The van der Waals surface area contributed by atoms with Gasteiger partial charge in [-0.25, -0.2) is 9.59 Å². The summed E-state index contributed by atoms with van der Waals surface area (Å²) in [4.78, 5) is 19.1. The summed E-state index contributed by atoms with van der Waals surface area (Å²) in [7, 11) is 0. The molecule has 0 spiro atoms. The molecule has 0 fully saturated rings. The average molecular weight is 200 g/mol. The van der Waals surface area contributed by atoms with Crippen LogP contribution in [-0.2, 0) is 9.59 Å². The van der Waals surface area contributed by atoms with E-state index in [0.717, 1.165) is 0 Å². The van der Waals surface area contributed by atoms with Crippen molar-refractivity contribution in [3.63, 3.8) is 0 Å². The summed E-state index contributed by atoms with van der Waals surface area (Å²) in [6.45, 7) is 0.